The molecule has 262 valence electrons. The molecule has 0 aliphatic heterocycles. The van der Waals surface area contributed by atoms with Gasteiger partial charge >= 0.3 is 0 Å². The van der Waals surface area contributed by atoms with Crippen molar-refractivity contribution in [3.05, 3.63) is 71.5 Å². The molecule has 2 amide bonds. The Balaban J connectivity index is 0.00000486. The van der Waals surface area contributed by atoms with Gasteiger partial charge in [-0.3, -0.25) is 9.59 Å². The van der Waals surface area contributed by atoms with Crippen molar-refractivity contribution >= 4 is 59.1 Å². The Morgan fingerprint density at radius 2 is 1.54 bits per heavy atom. The molecule has 0 radical (unpaired) electrons. The van der Waals surface area contributed by atoms with E-state index in [1.807, 2.05) is 78.8 Å². The minimum atomic E-state index is -3.53. The number of hydrogen-bond donors (Lipinski definition) is 3. The average Bonchev–Trinajstić information content (AvgIpc) is 2.99. The Kier molecular flexibility index (Phi) is 22.3. The Morgan fingerprint density at radius 1 is 0.957 bits per heavy atom. The normalized spacial score (nSPS) is 13.4. The van der Waals surface area contributed by atoms with Crippen LogP contribution in [0.3, 0.4) is 0 Å². The molecule has 0 aromatic heterocycles. The number of sulfonamides is 1. The first kappa shape index (κ1) is 44.6. The van der Waals surface area contributed by atoms with Crippen molar-refractivity contribution in [1.82, 2.24) is 20.3 Å². The molecule has 46 heavy (non-hydrogen) atoms. The van der Waals surface area contributed by atoms with Crippen LogP contribution in [0.4, 0.5) is 4.39 Å². The molecule has 3 N–H and O–H groups in total. The van der Waals surface area contributed by atoms with Crippen LogP contribution in [-0.2, 0) is 37.3 Å². The highest BCUT2D eigenvalue weighted by Crippen LogP contribution is 2.21. The summed E-state index contributed by atoms with van der Waals surface area (Å²) < 4.78 is 45.8. The standard InChI is InChI=1S/C31H47FN4O5S.C2H6.I2/c1-22(2)20-36(42(7,39)40)21-27(41-6)26(17-23-12-9-8-10-13-23)34-30(38)29(31(3,4)5)35-28(37)19-33-18-24-14-11-15-25(32)16-24;2*1-2/h8-16,22,26-27,29,33H,17-21H2,1-7H3,(H,34,38)(H,35,37);1-2H3;/t26-,27+,29+;;/m0../s1. The smallest absolute Gasteiger partial charge is 0.243 e. The molecule has 0 fully saturated rings. The van der Waals surface area contributed by atoms with Gasteiger partial charge in [-0.2, -0.15) is 4.31 Å². The van der Waals surface area contributed by atoms with Crippen LogP contribution in [0, 0.1) is 17.2 Å². The molecular weight excluding hydrogens is 837 g/mol. The van der Waals surface area contributed by atoms with E-state index < -0.39 is 39.5 Å². The second-order valence-corrected chi connectivity index (χ2v) is 14.1. The van der Waals surface area contributed by atoms with Crippen LogP contribution >= 0.6 is 37.2 Å². The summed E-state index contributed by atoms with van der Waals surface area (Å²) in [7, 11) is -2.03. The lowest BCUT2D eigenvalue weighted by molar-refractivity contribution is -0.132. The zero-order chi connectivity index (χ0) is 35.5. The number of nitrogens with one attached hydrogen (secondary N) is 3. The van der Waals surface area contributed by atoms with Gasteiger partial charge in [0.25, 0.3) is 0 Å². The SMILES string of the molecule is CC.CO[C@H](CN(CC(C)C)S(C)(=O)=O)[C@H](Cc1ccccc1)NC(=O)[C@@H](NC(=O)CNCc1cccc(F)c1)C(C)(C)C.II. The number of carbonyl (C=O) groups excluding carboxylic acids is 2. The average molecular weight is 891 g/mol. The van der Waals surface area contributed by atoms with Crippen molar-refractivity contribution in [3.63, 3.8) is 0 Å². The molecule has 0 unspecified atom stereocenters. The third-order valence-corrected chi connectivity index (χ3v) is 7.97. The number of ether oxygens (including phenoxy) is 1. The number of rotatable bonds is 16. The lowest BCUT2D eigenvalue weighted by atomic mass is 9.85. The number of halogens is 3. The number of carbonyl (C=O) groups is 2. The van der Waals surface area contributed by atoms with Gasteiger partial charge in [0, 0.05) is 64.0 Å². The molecule has 13 heteroatoms. The highest BCUT2D eigenvalue weighted by atomic mass is 128. The van der Waals surface area contributed by atoms with Crippen LogP contribution in [-0.4, -0.2) is 75.7 Å². The van der Waals surface area contributed by atoms with Gasteiger partial charge in [0.05, 0.1) is 24.9 Å². The summed E-state index contributed by atoms with van der Waals surface area (Å²) in [5.41, 5.74) is 0.999. The van der Waals surface area contributed by atoms with E-state index in [1.165, 1.54) is 29.8 Å². The van der Waals surface area contributed by atoms with Crippen molar-refractivity contribution in [2.45, 2.75) is 79.6 Å². The molecule has 2 aromatic carbocycles. The van der Waals surface area contributed by atoms with Crippen molar-refractivity contribution < 1.29 is 27.1 Å². The summed E-state index contributed by atoms with van der Waals surface area (Å²) in [4.78, 5) is 26.6. The number of nitrogens with zero attached hydrogens (tertiary/aromatic N) is 1. The molecule has 0 bridgehead atoms. The van der Waals surface area contributed by atoms with Crippen LogP contribution < -0.4 is 16.0 Å². The van der Waals surface area contributed by atoms with E-state index >= 15 is 0 Å². The second-order valence-electron chi connectivity index (χ2n) is 12.2. The first-order valence-electron chi connectivity index (χ1n) is 15.3. The van der Waals surface area contributed by atoms with E-state index in [9.17, 15) is 22.4 Å². The summed E-state index contributed by atoms with van der Waals surface area (Å²) in [6, 6.07) is 14.2. The van der Waals surface area contributed by atoms with Gasteiger partial charge in [0.2, 0.25) is 21.8 Å². The first-order chi connectivity index (χ1) is 21.6. The maximum atomic E-state index is 13.8. The van der Waals surface area contributed by atoms with Crippen LogP contribution in [0.1, 0.15) is 59.6 Å². The molecule has 0 heterocycles. The maximum Gasteiger partial charge on any atom is 0.243 e. The highest BCUT2D eigenvalue weighted by Gasteiger charge is 2.36. The fraction of sp³-hybridized carbons (Fsp3) is 0.576. The molecule has 2 rings (SSSR count). The van der Waals surface area contributed by atoms with Crippen LogP contribution in [0.5, 0.6) is 0 Å². The fourth-order valence-corrected chi connectivity index (χ4v) is 5.57. The first-order valence-corrected chi connectivity index (χ1v) is 23.4. The van der Waals surface area contributed by atoms with Gasteiger partial charge in [0.15, 0.2) is 0 Å². The molecule has 0 spiro atoms. The van der Waals surface area contributed by atoms with Gasteiger partial charge < -0.3 is 20.7 Å². The van der Waals surface area contributed by atoms with Crippen LogP contribution in [0.2, 0.25) is 0 Å². The summed E-state index contributed by atoms with van der Waals surface area (Å²) in [6.07, 6.45) is 0.900. The predicted molar refractivity (Wildman–Crippen MR) is 203 cm³/mol. The number of hydrogen-bond acceptors (Lipinski definition) is 6. The summed E-state index contributed by atoms with van der Waals surface area (Å²) in [6.45, 7) is 14.0. The van der Waals surface area contributed by atoms with Gasteiger partial charge in [-0.15, -0.1) is 0 Å². The zero-order valence-corrected chi connectivity index (χ0v) is 33.7. The maximum absolute atomic E-state index is 13.8. The van der Waals surface area contributed by atoms with Gasteiger partial charge in [-0.1, -0.05) is 90.9 Å². The number of methoxy groups -OCH3 is 1. The molecule has 0 saturated carbocycles. The number of amides is 2. The van der Waals surface area contributed by atoms with Crippen molar-refractivity contribution in [2.75, 3.05) is 33.0 Å². The van der Waals surface area contributed by atoms with Crippen molar-refractivity contribution in [1.29, 1.82) is 0 Å². The monoisotopic (exact) mass is 890 g/mol. The Hall–Kier alpha value is -1.40. The Labute approximate surface area is 299 Å². The van der Waals surface area contributed by atoms with E-state index in [1.54, 1.807) is 12.1 Å². The third-order valence-electron chi connectivity index (χ3n) is 6.74. The van der Waals surface area contributed by atoms with Crippen molar-refractivity contribution in [2.24, 2.45) is 11.3 Å². The Bertz CT molecular complexity index is 1260. The van der Waals surface area contributed by atoms with E-state index in [4.69, 9.17) is 4.74 Å². The van der Waals surface area contributed by atoms with E-state index in [0.29, 0.717) is 25.1 Å². The quantitative estimate of drug-likeness (QED) is 0.181. The topological polar surface area (TPSA) is 117 Å². The summed E-state index contributed by atoms with van der Waals surface area (Å²) >= 11 is 4.24. The van der Waals surface area contributed by atoms with Crippen LogP contribution in [0.15, 0.2) is 54.6 Å². The minimum Gasteiger partial charge on any atom is -0.378 e. The lowest BCUT2D eigenvalue weighted by Gasteiger charge is -2.35. The van der Waals surface area contributed by atoms with E-state index in [-0.39, 0.29) is 30.7 Å². The molecule has 3 atom stereocenters. The van der Waals surface area contributed by atoms with Gasteiger partial charge in [-0.25, -0.2) is 12.8 Å². The third kappa shape index (κ3) is 17.7. The second kappa shape index (κ2) is 23.0. The fourth-order valence-electron chi connectivity index (χ4n) is 4.58. The Morgan fingerprint density at radius 3 is 2.04 bits per heavy atom. The van der Waals surface area contributed by atoms with E-state index in [0.717, 1.165) is 5.56 Å². The zero-order valence-electron chi connectivity index (χ0n) is 28.6. The summed E-state index contributed by atoms with van der Waals surface area (Å²) in [5, 5.41) is 8.89. The molecule has 0 saturated heterocycles. The highest BCUT2D eigenvalue weighted by molar-refractivity contribution is 15.0. The van der Waals surface area contributed by atoms with Gasteiger partial charge in [0.1, 0.15) is 11.9 Å². The molecule has 0 aliphatic carbocycles. The van der Waals surface area contributed by atoms with Gasteiger partial charge in [-0.05, 0) is 41.0 Å². The largest absolute Gasteiger partial charge is 0.378 e. The molecule has 2 aromatic rings. The summed E-state index contributed by atoms with van der Waals surface area (Å²) in [5.74, 6) is -1.05. The molecule has 0 aliphatic rings. The van der Waals surface area contributed by atoms with E-state index in [2.05, 4.69) is 53.2 Å². The molecular formula is C33H53FI2N4O5S. The predicted octanol–water partition coefficient (Wildman–Crippen LogP) is 5.90. The number of benzene rings is 2. The van der Waals surface area contributed by atoms with Crippen molar-refractivity contribution in [3.8, 4) is 0 Å². The minimum absolute atomic E-state index is 0.0574. The van der Waals surface area contributed by atoms with Crippen LogP contribution in [0.25, 0.3) is 0 Å². The lowest BCUT2D eigenvalue weighted by Crippen LogP contribution is -2.59. The molecule has 9 nitrogen and oxygen atoms in total.